The number of amides is 2. The standard InChI is InChI=1S/C23H26N4O3S/c1-15(2)21(29)26-10-8-17(9-11-26)25-20(28)19-13-24-23-27(22(19)30)14-18(31-23)12-16-6-4-3-5-7-16/h3-7,13-15,17H,8-12H2,1-2H3,(H,25,28). The number of hydrogen-bond donors (Lipinski definition) is 1. The Hall–Kier alpha value is -3.00. The predicted molar refractivity (Wildman–Crippen MR) is 120 cm³/mol. The van der Waals surface area contributed by atoms with Gasteiger partial charge in [0.25, 0.3) is 11.5 Å². The van der Waals surface area contributed by atoms with Crippen LogP contribution >= 0.6 is 11.3 Å². The van der Waals surface area contributed by atoms with Crippen LogP contribution in [0, 0.1) is 5.92 Å². The van der Waals surface area contributed by atoms with E-state index in [4.69, 9.17) is 0 Å². The lowest BCUT2D eigenvalue weighted by molar-refractivity contribution is -0.135. The molecule has 0 spiro atoms. The quantitative estimate of drug-likeness (QED) is 0.664. The van der Waals surface area contributed by atoms with E-state index >= 15 is 0 Å². The zero-order valence-electron chi connectivity index (χ0n) is 17.7. The Bertz CT molecular complexity index is 1140. The van der Waals surface area contributed by atoms with Crippen molar-refractivity contribution < 1.29 is 9.59 Å². The summed E-state index contributed by atoms with van der Waals surface area (Å²) < 4.78 is 1.46. The summed E-state index contributed by atoms with van der Waals surface area (Å²) in [7, 11) is 0. The van der Waals surface area contributed by atoms with Crippen LogP contribution in [0.2, 0.25) is 0 Å². The van der Waals surface area contributed by atoms with Gasteiger partial charge in [-0.2, -0.15) is 0 Å². The lowest BCUT2D eigenvalue weighted by Gasteiger charge is -2.33. The molecule has 1 aliphatic rings. The number of aromatic nitrogens is 2. The van der Waals surface area contributed by atoms with Crippen molar-refractivity contribution in [1.82, 2.24) is 19.6 Å². The van der Waals surface area contributed by atoms with Gasteiger partial charge < -0.3 is 10.2 Å². The minimum Gasteiger partial charge on any atom is -0.349 e. The summed E-state index contributed by atoms with van der Waals surface area (Å²) >= 11 is 1.45. The van der Waals surface area contributed by atoms with E-state index in [1.165, 1.54) is 21.9 Å². The number of benzene rings is 1. The topological polar surface area (TPSA) is 83.8 Å². The number of nitrogens with one attached hydrogen (secondary N) is 1. The Morgan fingerprint density at radius 2 is 1.90 bits per heavy atom. The first-order chi connectivity index (χ1) is 14.9. The van der Waals surface area contributed by atoms with E-state index < -0.39 is 5.91 Å². The molecule has 0 radical (unpaired) electrons. The van der Waals surface area contributed by atoms with Gasteiger partial charge in [0.1, 0.15) is 5.56 Å². The number of thiazole rings is 1. The van der Waals surface area contributed by atoms with Gasteiger partial charge in [0, 0.05) is 48.7 Å². The lowest BCUT2D eigenvalue weighted by atomic mass is 10.0. The van der Waals surface area contributed by atoms with E-state index in [0.717, 1.165) is 10.4 Å². The zero-order valence-corrected chi connectivity index (χ0v) is 18.5. The van der Waals surface area contributed by atoms with Crippen molar-refractivity contribution in [2.75, 3.05) is 13.1 Å². The van der Waals surface area contributed by atoms with Crippen LogP contribution in [0.25, 0.3) is 4.96 Å². The molecule has 1 saturated heterocycles. The molecule has 31 heavy (non-hydrogen) atoms. The minimum absolute atomic E-state index is 0.0265. The molecule has 0 saturated carbocycles. The molecule has 162 valence electrons. The first-order valence-electron chi connectivity index (χ1n) is 10.6. The highest BCUT2D eigenvalue weighted by atomic mass is 32.1. The Kier molecular flexibility index (Phi) is 6.18. The van der Waals surface area contributed by atoms with Crippen molar-refractivity contribution in [3.63, 3.8) is 0 Å². The Labute approximate surface area is 184 Å². The van der Waals surface area contributed by atoms with Gasteiger partial charge in [0.15, 0.2) is 4.96 Å². The van der Waals surface area contributed by atoms with Crippen LogP contribution < -0.4 is 10.9 Å². The first-order valence-corrected chi connectivity index (χ1v) is 11.4. The maximum atomic E-state index is 12.9. The van der Waals surface area contributed by atoms with Gasteiger partial charge in [0.05, 0.1) is 0 Å². The first kappa shape index (κ1) is 21.2. The van der Waals surface area contributed by atoms with Crippen LogP contribution in [-0.4, -0.2) is 45.2 Å². The van der Waals surface area contributed by atoms with E-state index in [1.807, 2.05) is 49.1 Å². The number of carbonyl (C=O) groups excluding carboxylic acids is 2. The molecule has 0 atom stereocenters. The van der Waals surface area contributed by atoms with Gasteiger partial charge in [-0.1, -0.05) is 44.2 Å². The summed E-state index contributed by atoms with van der Waals surface area (Å²) in [5, 5.41) is 2.95. The summed E-state index contributed by atoms with van der Waals surface area (Å²) in [6.45, 7) is 5.02. The smallest absolute Gasteiger partial charge is 0.271 e. The van der Waals surface area contributed by atoms with Gasteiger partial charge >= 0.3 is 0 Å². The number of rotatable bonds is 5. The second-order valence-electron chi connectivity index (χ2n) is 8.22. The molecule has 0 unspecified atom stereocenters. The highest BCUT2D eigenvalue weighted by Gasteiger charge is 2.26. The fourth-order valence-corrected chi connectivity index (χ4v) is 4.81. The molecule has 4 rings (SSSR count). The van der Waals surface area contributed by atoms with Crippen molar-refractivity contribution in [3.05, 3.63) is 69.1 Å². The van der Waals surface area contributed by atoms with Crippen molar-refractivity contribution in [2.24, 2.45) is 5.92 Å². The molecule has 1 aliphatic heterocycles. The number of hydrogen-bond acceptors (Lipinski definition) is 5. The largest absolute Gasteiger partial charge is 0.349 e. The van der Waals surface area contributed by atoms with E-state index in [-0.39, 0.29) is 29.0 Å². The fraction of sp³-hybridized carbons (Fsp3) is 0.391. The Morgan fingerprint density at radius 3 is 2.58 bits per heavy atom. The molecule has 3 heterocycles. The SMILES string of the molecule is CC(C)C(=O)N1CCC(NC(=O)c2cnc3sc(Cc4ccccc4)cn3c2=O)CC1. The van der Waals surface area contributed by atoms with E-state index in [2.05, 4.69) is 10.3 Å². The van der Waals surface area contributed by atoms with Gasteiger partial charge in [-0.25, -0.2) is 4.98 Å². The monoisotopic (exact) mass is 438 g/mol. The number of likely N-dealkylation sites (tertiary alicyclic amines) is 1. The molecule has 7 nitrogen and oxygen atoms in total. The van der Waals surface area contributed by atoms with Crippen molar-refractivity contribution in [3.8, 4) is 0 Å². The third kappa shape index (κ3) is 4.69. The Balaban J connectivity index is 1.44. The van der Waals surface area contributed by atoms with Crippen molar-refractivity contribution in [1.29, 1.82) is 0 Å². The summed E-state index contributed by atoms with van der Waals surface area (Å²) in [6.07, 6.45) is 5.22. The molecule has 2 amide bonds. The summed E-state index contributed by atoms with van der Waals surface area (Å²) in [5.74, 6) is -0.292. The van der Waals surface area contributed by atoms with Crippen LogP contribution in [0.15, 0.2) is 47.5 Å². The zero-order chi connectivity index (χ0) is 22.0. The van der Waals surface area contributed by atoms with Crippen LogP contribution in [0.4, 0.5) is 0 Å². The second-order valence-corrected chi connectivity index (χ2v) is 9.31. The Morgan fingerprint density at radius 1 is 1.19 bits per heavy atom. The third-order valence-corrected chi connectivity index (χ3v) is 6.55. The lowest BCUT2D eigenvalue weighted by Crippen LogP contribution is -2.48. The molecular formula is C23H26N4O3S. The average molecular weight is 439 g/mol. The minimum atomic E-state index is -0.406. The normalized spacial score (nSPS) is 14.9. The molecule has 1 N–H and O–H groups in total. The highest BCUT2D eigenvalue weighted by molar-refractivity contribution is 7.17. The summed E-state index contributed by atoms with van der Waals surface area (Å²) in [4.78, 5) is 45.6. The van der Waals surface area contributed by atoms with E-state index in [9.17, 15) is 14.4 Å². The molecule has 0 bridgehead atoms. The maximum absolute atomic E-state index is 12.9. The van der Waals surface area contributed by atoms with Crippen LogP contribution in [0.1, 0.15) is 47.5 Å². The second kappa shape index (κ2) is 9.01. The number of nitrogens with zero attached hydrogens (tertiary/aromatic N) is 3. The van der Waals surface area contributed by atoms with Gasteiger partial charge in [-0.05, 0) is 18.4 Å². The number of fused-ring (bicyclic) bond motifs is 1. The van der Waals surface area contributed by atoms with Crippen LogP contribution in [-0.2, 0) is 11.2 Å². The predicted octanol–water partition coefficient (Wildman–Crippen LogP) is 2.72. The molecule has 1 aromatic carbocycles. The molecule has 0 aliphatic carbocycles. The van der Waals surface area contributed by atoms with Crippen molar-refractivity contribution >= 4 is 28.1 Å². The summed E-state index contributed by atoms with van der Waals surface area (Å²) in [5.41, 5.74) is 0.843. The summed E-state index contributed by atoms with van der Waals surface area (Å²) in [6, 6.07) is 9.97. The molecule has 3 aromatic rings. The molecular weight excluding hydrogens is 412 g/mol. The van der Waals surface area contributed by atoms with E-state index in [1.54, 1.807) is 6.20 Å². The van der Waals surface area contributed by atoms with Crippen LogP contribution in [0.5, 0.6) is 0 Å². The molecule has 2 aromatic heterocycles. The maximum Gasteiger partial charge on any atom is 0.271 e. The molecule has 1 fully saturated rings. The van der Waals surface area contributed by atoms with Gasteiger partial charge in [-0.15, -0.1) is 11.3 Å². The van der Waals surface area contributed by atoms with Crippen LogP contribution in [0.3, 0.4) is 0 Å². The average Bonchev–Trinajstić information content (AvgIpc) is 3.18. The van der Waals surface area contributed by atoms with Crippen molar-refractivity contribution in [2.45, 2.75) is 39.2 Å². The van der Waals surface area contributed by atoms with Gasteiger partial charge in [0.2, 0.25) is 5.91 Å². The van der Waals surface area contributed by atoms with E-state index in [0.29, 0.717) is 37.3 Å². The highest BCUT2D eigenvalue weighted by Crippen LogP contribution is 2.19. The fourth-order valence-electron chi connectivity index (χ4n) is 3.84. The number of carbonyl (C=O) groups is 2. The number of piperidine rings is 1. The van der Waals surface area contributed by atoms with Gasteiger partial charge in [-0.3, -0.25) is 18.8 Å². The third-order valence-electron chi connectivity index (χ3n) is 5.56. The molecule has 8 heteroatoms.